The Bertz CT molecular complexity index is 503. The minimum atomic E-state index is -0.508. The second-order valence-electron chi connectivity index (χ2n) is 5.14. The summed E-state index contributed by atoms with van der Waals surface area (Å²) in [5.41, 5.74) is 0.0739. The maximum absolute atomic E-state index is 11.8. The fraction of sp³-hybridized carbons (Fsp3) is 0.562. The fourth-order valence-electron chi connectivity index (χ4n) is 2.00. The molecule has 1 N–H and O–H groups in total. The van der Waals surface area contributed by atoms with Gasteiger partial charge in [0.25, 0.3) is 5.69 Å². The lowest BCUT2D eigenvalue weighted by Crippen LogP contribution is -2.12. The van der Waals surface area contributed by atoms with Crippen molar-refractivity contribution in [3.63, 3.8) is 0 Å². The highest BCUT2D eigenvalue weighted by atomic mass is 16.6. The van der Waals surface area contributed by atoms with Gasteiger partial charge in [-0.2, -0.15) is 0 Å². The minimum Gasteiger partial charge on any atom is -0.493 e. The molecular weight excluding hydrogens is 284 g/mol. The molecule has 0 spiro atoms. The van der Waals surface area contributed by atoms with Crippen molar-refractivity contribution in [2.24, 2.45) is 0 Å². The van der Waals surface area contributed by atoms with Crippen LogP contribution in [0.3, 0.4) is 0 Å². The number of nitro groups is 1. The fourth-order valence-corrected chi connectivity index (χ4v) is 2.00. The number of carbonyl (C=O) groups is 1. The molecule has 0 aliphatic heterocycles. The second kappa shape index (κ2) is 9.76. The smallest absolute Gasteiger partial charge is 0.296 e. The van der Waals surface area contributed by atoms with E-state index in [0.717, 1.165) is 32.1 Å². The van der Waals surface area contributed by atoms with Gasteiger partial charge in [-0.25, -0.2) is 0 Å². The molecular formula is C16H24N2O4. The molecule has 1 aromatic rings. The topological polar surface area (TPSA) is 81.5 Å². The summed E-state index contributed by atoms with van der Waals surface area (Å²) in [4.78, 5) is 22.5. The van der Waals surface area contributed by atoms with E-state index >= 15 is 0 Å². The van der Waals surface area contributed by atoms with Crippen LogP contribution in [-0.2, 0) is 4.79 Å². The Labute approximate surface area is 131 Å². The SMILES string of the molecule is CCCCCCC(=O)Nc1ccc(OCCC)cc1[N+](=O)[O-]. The molecule has 0 heterocycles. The van der Waals surface area contributed by atoms with Crippen LogP contribution in [0.15, 0.2) is 18.2 Å². The third-order valence-electron chi connectivity index (χ3n) is 3.17. The Hall–Kier alpha value is -2.11. The number of nitro benzene ring substituents is 1. The van der Waals surface area contributed by atoms with Crippen molar-refractivity contribution in [2.75, 3.05) is 11.9 Å². The van der Waals surface area contributed by atoms with Gasteiger partial charge in [-0.1, -0.05) is 33.1 Å². The van der Waals surface area contributed by atoms with Gasteiger partial charge in [0.15, 0.2) is 0 Å². The van der Waals surface area contributed by atoms with Crippen molar-refractivity contribution in [1.29, 1.82) is 0 Å². The lowest BCUT2D eigenvalue weighted by atomic mass is 10.1. The number of ether oxygens (including phenoxy) is 1. The number of hydrogen-bond donors (Lipinski definition) is 1. The molecule has 0 saturated carbocycles. The van der Waals surface area contributed by atoms with E-state index in [9.17, 15) is 14.9 Å². The zero-order valence-corrected chi connectivity index (χ0v) is 13.3. The molecule has 0 bridgehead atoms. The molecule has 122 valence electrons. The number of amides is 1. The van der Waals surface area contributed by atoms with Crippen LogP contribution < -0.4 is 10.1 Å². The Morgan fingerprint density at radius 2 is 2.00 bits per heavy atom. The Morgan fingerprint density at radius 3 is 2.64 bits per heavy atom. The quantitative estimate of drug-likeness (QED) is 0.397. The highest BCUT2D eigenvalue weighted by molar-refractivity contribution is 5.93. The van der Waals surface area contributed by atoms with Gasteiger partial charge < -0.3 is 10.1 Å². The van der Waals surface area contributed by atoms with Crippen LogP contribution in [0.25, 0.3) is 0 Å². The summed E-state index contributed by atoms with van der Waals surface area (Å²) in [5, 5.41) is 13.7. The number of carbonyl (C=O) groups excluding carboxylic acids is 1. The van der Waals surface area contributed by atoms with Crippen LogP contribution in [0.4, 0.5) is 11.4 Å². The highest BCUT2D eigenvalue weighted by Gasteiger charge is 2.17. The van der Waals surface area contributed by atoms with Crippen molar-refractivity contribution in [1.82, 2.24) is 0 Å². The number of hydrogen-bond acceptors (Lipinski definition) is 4. The molecule has 1 aromatic carbocycles. The maximum atomic E-state index is 11.8. The standard InChI is InChI=1S/C16H24N2O4/c1-3-5-6-7-8-16(19)17-14-10-9-13(22-11-4-2)12-15(14)18(20)21/h9-10,12H,3-8,11H2,1-2H3,(H,17,19). The number of nitrogens with one attached hydrogen (secondary N) is 1. The molecule has 0 saturated heterocycles. The summed E-state index contributed by atoms with van der Waals surface area (Å²) in [7, 11) is 0. The largest absolute Gasteiger partial charge is 0.493 e. The van der Waals surface area contributed by atoms with Gasteiger partial charge in [-0.3, -0.25) is 14.9 Å². The van der Waals surface area contributed by atoms with Gasteiger partial charge in [0.1, 0.15) is 11.4 Å². The molecule has 22 heavy (non-hydrogen) atoms. The molecule has 0 aromatic heterocycles. The van der Waals surface area contributed by atoms with Gasteiger partial charge in [-0.05, 0) is 25.0 Å². The molecule has 0 aliphatic rings. The van der Waals surface area contributed by atoms with Gasteiger partial charge in [0.05, 0.1) is 17.6 Å². The van der Waals surface area contributed by atoms with Crippen LogP contribution in [-0.4, -0.2) is 17.4 Å². The van der Waals surface area contributed by atoms with Crippen LogP contribution in [0, 0.1) is 10.1 Å². The lowest BCUT2D eigenvalue weighted by molar-refractivity contribution is -0.384. The predicted octanol–water partition coefficient (Wildman–Crippen LogP) is 4.29. The number of unbranched alkanes of at least 4 members (excludes halogenated alkanes) is 3. The first-order valence-corrected chi connectivity index (χ1v) is 7.79. The van der Waals surface area contributed by atoms with Crippen LogP contribution in [0.1, 0.15) is 52.4 Å². The van der Waals surface area contributed by atoms with Crippen LogP contribution in [0.5, 0.6) is 5.75 Å². The van der Waals surface area contributed by atoms with Crippen molar-refractivity contribution in [3.05, 3.63) is 28.3 Å². The van der Waals surface area contributed by atoms with E-state index in [4.69, 9.17) is 4.74 Å². The first kappa shape index (κ1) is 17.9. The van der Waals surface area contributed by atoms with E-state index in [1.54, 1.807) is 6.07 Å². The highest BCUT2D eigenvalue weighted by Crippen LogP contribution is 2.29. The summed E-state index contributed by atoms with van der Waals surface area (Å²) in [6.07, 6.45) is 5.19. The number of benzene rings is 1. The number of anilines is 1. The molecule has 1 rings (SSSR count). The van der Waals surface area contributed by atoms with Gasteiger partial charge in [-0.15, -0.1) is 0 Å². The molecule has 0 radical (unpaired) electrons. The Kier molecular flexibility index (Phi) is 7.96. The zero-order valence-electron chi connectivity index (χ0n) is 13.3. The summed E-state index contributed by atoms with van der Waals surface area (Å²) < 4.78 is 5.38. The van der Waals surface area contributed by atoms with E-state index in [2.05, 4.69) is 12.2 Å². The first-order valence-electron chi connectivity index (χ1n) is 7.79. The van der Waals surface area contributed by atoms with E-state index in [-0.39, 0.29) is 17.3 Å². The van der Waals surface area contributed by atoms with Gasteiger partial charge >= 0.3 is 0 Å². The van der Waals surface area contributed by atoms with Crippen LogP contribution in [0.2, 0.25) is 0 Å². The van der Waals surface area contributed by atoms with E-state index < -0.39 is 4.92 Å². The zero-order chi connectivity index (χ0) is 16.4. The second-order valence-corrected chi connectivity index (χ2v) is 5.14. The van der Waals surface area contributed by atoms with E-state index in [0.29, 0.717) is 18.8 Å². The summed E-state index contributed by atoms with van der Waals surface area (Å²) in [5.74, 6) is 0.246. The Balaban J connectivity index is 2.68. The molecule has 0 unspecified atom stereocenters. The van der Waals surface area contributed by atoms with Crippen molar-refractivity contribution < 1.29 is 14.5 Å². The van der Waals surface area contributed by atoms with Gasteiger partial charge in [0.2, 0.25) is 5.91 Å². The molecule has 6 nitrogen and oxygen atoms in total. The Morgan fingerprint density at radius 1 is 1.23 bits per heavy atom. The first-order chi connectivity index (χ1) is 10.6. The van der Waals surface area contributed by atoms with Gasteiger partial charge in [0, 0.05) is 6.42 Å². The third kappa shape index (κ3) is 6.11. The van der Waals surface area contributed by atoms with E-state index in [1.807, 2.05) is 6.92 Å². The van der Waals surface area contributed by atoms with Crippen molar-refractivity contribution in [2.45, 2.75) is 52.4 Å². The van der Waals surface area contributed by atoms with Crippen molar-refractivity contribution in [3.8, 4) is 5.75 Å². The van der Waals surface area contributed by atoms with Crippen LogP contribution >= 0.6 is 0 Å². The molecule has 0 atom stereocenters. The number of rotatable bonds is 10. The summed E-state index contributed by atoms with van der Waals surface area (Å²) in [6.45, 7) is 4.56. The summed E-state index contributed by atoms with van der Waals surface area (Å²) in [6, 6.07) is 4.50. The molecule has 0 fully saturated rings. The number of nitrogens with zero attached hydrogens (tertiary/aromatic N) is 1. The molecule has 0 aliphatic carbocycles. The van der Waals surface area contributed by atoms with Crippen molar-refractivity contribution >= 4 is 17.3 Å². The monoisotopic (exact) mass is 308 g/mol. The van der Waals surface area contributed by atoms with E-state index in [1.165, 1.54) is 12.1 Å². The normalized spacial score (nSPS) is 10.3. The lowest BCUT2D eigenvalue weighted by Gasteiger charge is -2.09. The molecule has 6 heteroatoms. The maximum Gasteiger partial charge on any atom is 0.296 e. The summed E-state index contributed by atoms with van der Waals surface area (Å²) >= 11 is 0. The third-order valence-corrected chi connectivity index (χ3v) is 3.17. The average Bonchev–Trinajstić information content (AvgIpc) is 2.50. The minimum absolute atomic E-state index is 0.143. The average molecular weight is 308 g/mol. The molecule has 1 amide bonds. The predicted molar refractivity (Wildman–Crippen MR) is 86.3 cm³/mol.